The SMILES string of the molecule is C[C@H]1O[C@@H](OCc2ccccc2)[C@H](OCc2ccccc2)[C@@H](O[C@@H]2OC[C@@H](O)[C@H](OCc3ccccc3)[C@H]2O)[C@@H]1OCc1ccccc1. The van der Waals surface area contributed by atoms with E-state index in [-0.39, 0.29) is 26.4 Å². The van der Waals surface area contributed by atoms with Crippen LogP contribution in [0.25, 0.3) is 0 Å². The molecule has 2 fully saturated rings. The normalized spacial score (nSPS) is 29.0. The Hall–Kier alpha value is -3.48. The molecule has 0 unspecified atom stereocenters. The van der Waals surface area contributed by atoms with Crippen molar-refractivity contribution in [2.24, 2.45) is 0 Å². The van der Waals surface area contributed by atoms with Crippen molar-refractivity contribution in [2.45, 2.75) is 88.7 Å². The molecule has 2 N–H and O–H groups in total. The second-order valence-electron chi connectivity index (χ2n) is 12.2. The van der Waals surface area contributed by atoms with Crippen molar-refractivity contribution in [3.05, 3.63) is 144 Å². The molecule has 4 aromatic rings. The molecule has 2 aliphatic heterocycles. The minimum atomic E-state index is -1.30. The first-order valence-corrected chi connectivity index (χ1v) is 16.5. The molecule has 9 nitrogen and oxygen atoms in total. The number of aliphatic hydroxyl groups is 2. The van der Waals surface area contributed by atoms with Gasteiger partial charge in [0.25, 0.3) is 0 Å². The molecule has 254 valence electrons. The van der Waals surface area contributed by atoms with Gasteiger partial charge in [0, 0.05) is 0 Å². The van der Waals surface area contributed by atoms with Gasteiger partial charge in [-0.1, -0.05) is 121 Å². The van der Waals surface area contributed by atoms with Crippen molar-refractivity contribution in [2.75, 3.05) is 6.61 Å². The first-order valence-electron chi connectivity index (χ1n) is 16.5. The molecule has 48 heavy (non-hydrogen) atoms. The summed E-state index contributed by atoms with van der Waals surface area (Å²) in [6.45, 7) is 2.88. The Balaban J connectivity index is 1.25. The molecule has 0 amide bonds. The third-order valence-corrected chi connectivity index (χ3v) is 8.56. The molecule has 4 aromatic carbocycles. The largest absolute Gasteiger partial charge is 0.388 e. The summed E-state index contributed by atoms with van der Waals surface area (Å²) < 4.78 is 44.5. The monoisotopic (exact) mass is 656 g/mol. The lowest BCUT2D eigenvalue weighted by molar-refractivity contribution is -0.360. The average Bonchev–Trinajstić information content (AvgIpc) is 3.13. The smallest absolute Gasteiger partial charge is 0.187 e. The molecule has 6 rings (SSSR count). The summed E-state index contributed by atoms with van der Waals surface area (Å²) in [5.74, 6) is 0. The molecular weight excluding hydrogens is 612 g/mol. The summed E-state index contributed by atoms with van der Waals surface area (Å²) in [7, 11) is 0. The van der Waals surface area contributed by atoms with Crippen LogP contribution >= 0.6 is 0 Å². The van der Waals surface area contributed by atoms with Crippen LogP contribution < -0.4 is 0 Å². The van der Waals surface area contributed by atoms with Crippen LogP contribution in [0.4, 0.5) is 0 Å². The van der Waals surface area contributed by atoms with E-state index in [9.17, 15) is 10.2 Å². The van der Waals surface area contributed by atoms with E-state index in [1.165, 1.54) is 0 Å². The van der Waals surface area contributed by atoms with Crippen LogP contribution in [0.3, 0.4) is 0 Å². The maximum Gasteiger partial charge on any atom is 0.187 e. The summed E-state index contributed by atoms with van der Waals surface area (Å²) in [6, 6.07) is 39.1. The Morgan fingerprint density at radius 1 is 0.521 bits per heavy atom. The van der Waals surface area contributed by atoms with E-state index >= 15 is 0 Å². The summed E-state index contributed by atoms with van der Waals surface area (Å²) >= 11 is 0. The second kappa shape index (κ2) is 17.3. The van der Waals surface area contributed by atoms with Gasteiger partial charge < -0.3 is 43.4 Å². The van der Waals surface area contributed by atoms with Crippen LogP contribution in [-0.4, -0.2) is 72.1 Å². The van der Waals surface area contributed by atoms with Crippen molar-refractivity contribution in [3.8, 4) is 0 Å². The average molecular weight is 657 g/mol. The zero-order valence-electron chi connectivity index (χ0n) is 27.0. The van der Waals surface area contributed by atoms with E-state index in [4.69, 9.17) is 33.2 Å². The van der Waals surface area contributed by atoms with Crippen LogP contribution in [0.1, 0.15) is 29.2 Å². The molecular formula is C39H44O9. The number of ether oxygens (including phenoxy) is 7. The van der Waals surface area contributed by atoms with Crippen molar-refractivity contribution in [3.63, 3.8) is 0 Å². The van der Waals surface area contributed by atoms with Crippen LogP contribution in [0.2, 0.25) is 0 Å². The summed E-state index contributed by atoms with van der Waals surface area (Å²) in [6.07, 6.45) is -7.96. The van der Waals surface area contributed by atoms with Crippen molar-refractivity contribution in [1.82, 2.24) is 0 Å². The van der Waals surface area contributed by atoms with Gasteiger partial charge >= 0.3 is 0 Å². The van der Waals surface area contributed by atoms with Crippen LogP contribution in [0.15, 0.2) is 121 Å². The Labute approximate surface area is 281 Å². The van der Waals surface area contributed by atoms with Gasteiger partial charge in [-0.05, 0) is 29.2 Å². The number of hydrogen-bond donors (Lipinski definition) is 2. The fraction of sp³-hybridized carbons (Fsp3) is 0.385. The van der Waals surface area contributed by atoms with E-state index in [2.05, 4.69) is 0 Å². The molecule has 2 heterocycles. The molecule has 0 aromatic heterocycles. The number of rotatable bonds is 14. The lowest BCUT2D eigenvalue weighted by Gasteiger charge is -2.47. The minimum absolute atomic E-state index is 0.0844. The van der Waals surface area contributed by atoms with Gasteiger partial charge in [-0.15, -0.1) is 0 Å². The zero-order valence-corrected chi connectivity index (χ0v) is 27.0. The van der Waals surface area contributed by atoms with Crippen LogP contribution in [-0.2, 0) is 59.6 Å². The second-order valence-corrected chi connectivity index (χ2v) is 12.2. The highest BCUT2D eigenvalue weighted by molar-refractivity contribution is 5.16. The zero-order chi connectivity index (χ0) is 33.1. The Morgan fingerprint density at radius 3 is 1.42 bits per heavy atom. The van der Waals surface area contributed by atoms with Crippen molar-refractivity contribution < 1.29 is 43.4 Å². The minimum Gasteiger partial charge on any atom is -0.388 e. The third kappa shape index (κ3) is 9.15. The van der Waals surface area contributed by atoms with E-state index in [0.29, 0.717) is 6.61 Å². The van der Waals surface area contributed by atoms with Gasteiger partial charge in [-0.3, -0.25) is 0 Å². The summed E-state index contributed by atoms with van der Waals surface area (Å²) in [5, 5.41) is 22.3. The maximum absolute atomic E-state index is 11.5. The van der Waals surface area contributed by atoms with E-state index in [0.717, 1.165) is 22.3 Å². The molecule has 2 aliphatic rings. The first kappa shape index (κ1) is 34.4. The van der Waals surface area contributed by atoms with Crippen LogP contribution in [0.5, 0.6) is 0 Å². The van der Waals surface area contributed by atoms with E-state index < -0.39 is 55.3 Å². The van der Waals surface area contributed by atoms with E-state index in [1.54, 1.807) is 0 Å². The highest BCUT2D eigenvalue weighted by Gasteiger charge is 2.51. The van der Waals surface area contributed by atoms with Gasteiger partial charge in [0.2, 0.25) is 0 Å². The molecule has 9 heteroatoms. The molecule has 9 atom stereocenters. The Morgan fingerprint density at radius 2 is 0.938 bits per heavy atom. The van der Waals surface area contributed by atoms with Gasteiger partial charge in [0.05, 0.1) is 39.1 Å². The predicted octanol–water partition coefficient (Wildman–Crippen LogP) is 5.17. The summed E-state index contributed by atoms with van der Waals surface area (Å²) in [5.41, 5.74) is 3.85. The Kier molecular flexibility index (Phi) is 12.4. The number of aliphatic hydroxyl groups excluding tert-OH is 2. The third-order valence-electron chi connectivity index (χ3n) is 8.56. The lowest BCUT2D eigenvalue weighted by Crippen LogP contribution is -2.63. The molecule has 0 aliphatic carbocycles. The van der Waals surface area contributed by atoms with Gasteiger partial charge in [0.15, 0.2) is 12.6 Å². The first-order chi connectivity index (χ1) is 23.5. The highest BCUT2D eigenvalue weighted by Crippen LogP contribution is 2.33. The fourth-order valence-corrected chi connectivity index (χ4v) is 5.97. The van der Waals surface area contributed by atoms with Crippen molar-refractivity contribution >= 4 is 0 Å². The fourth-order valence-electron chi connectivity index (χ4n) is 5.97. The topological polar surface area (TPSA) is 105 Å². The predicted molar refractivity (Wildman–Crippen MR) is 177 cm³/mol. The maximum atomic E-state index is 11.5. The number of hydrogen-bond acceptors (Lipinski definition) is 9. The molecule has 2 saturated heterocycles. The van der Waals surface area contributed by atoms with Crippen molar-refractivity contribution in [1.29, 1.82) is 0 Å². The molecule has 0 spiro atoms. The molecule has 0 saturated carbocycles. The van der Waals surface area contributed by atoms with E-state index in [1.807, 2.05) is 128 Å². The quantitative estimate of drug-likeness (QED) is 0.190. The highest BCUT2D eigenvalue weighted by atomic mass is 16.7. The molecule has 0 radical (unpaired) electrons. The van der Waals surface area contributed by atoms with Crippen LogP contribution in [0, 0.1) is 0 Å². The Bertz CT molecular complexity index is 1480. The van der Waals surface area contributed by atoms with Gasteiger partial charge in [0.1, 0.15) is 36.6 Å². The lowest BCUT2D eigenvalue weighted by atomic mass is 9.97. The standard InChI is InChI=1S/C39H44O9/c1-27-34(42-22-28-14-6-2-7-15-28)36(48-38-33(41)35(32(40)26-46-38)43-23-29-16-8-3-9-17-29)37(44-24-30-18-10-4-11-19-30)39(47-27)45-25-31-20-12-5-13-21-31/h2-21,27,32-41H,22-26H2,1H3/t27-,32-,33-,34-,35+,36+,37-,38+,39-/m1/s1. The number of benzene rings is 4. The summed E-state index contributed by atoms with van der Waals surface area (Å²) in [4.78, 5) is 0. The van der Waals surface area contributed by atoms with Gasteiger partial charge in [-0.2, -0.15) is 0 Å². The molecule has 0 bridgehead atoms. The van der Waals surface area contributed by atoms with Gasteiger partial charge in [-0.25, -0.2) is 0 Å².